The van der Waals surface area contributed by atoms with Crippen molar-refractivity contribution in [2.75, 3.05) is 0 Å². The molecular formula is C5H3F2NS. The first-order chi connectivity index (χ1) is 4.18. The van der Waals surface area contributed by atoms with Crippen LogP contribution in [0.3, 0.4) is 0 Å². The van der Waals surface area contributed by atoms with E-state index >= 15 is 0 Å². The molecule has 1 nitrogen and oxygen atoms in total. The van der Waals surface area contributed by atoms with E-state index in [-0.39, 0.29) is 4.51 Å². The molecule has 1 aromatic heterocycles. The van der Waals surface area contributed by atoms with E-state index in [0.29, 0.717) is 0 Å². The average Bonchev–Trinajstić information content (AvgIpc) is 1.59. The SMILES string of the molecule is Fc1cc(=S)cc(F)[nH]1. The van der Waals surface area contributed by atoms with Crippen molar-refractivity contribution in [3.63, 3.8) is 0 Å². The van der Waals surface area contributed by atoms with E-state index in [1.165, 1.54) is 0 Å². The van der Waals surface area contributed by atoms with E-state index in [4.69, 9.17) is 0 Å². The lowest BCUT2D eigenvalue weighted by atomic mass is 10.5. The Morgan fingerprint density at radius 2 is 1.67 bits per heavy atom. The molecule has 1 rings (SSSR count). The zero-order valence-corrected chi connectivity index (χ0v) is 5.14. The Labute approximate surface area is 55.3 Å². The largest absolute Gasteiger partial charge is 0.308 e. The fraction of sp³-hybridized carbons (Fsp3) is 0. The summed E-state index contributed by atoms with van der Waals surface area (Å²) in [7, 11) is 0. The number of halogens is 2. The van der Waals surface area contributed by atoms with Crippen molar-refractivity contribution >= 4 is 12.2 Å². The van der Waals surface area contributed by atoms with Crippen LogP contribution in [0.15, 0.2) is 12.1 Å². The molecule has 0 spiro atoms. The number of H-pyrrole nitrogens is 1. The summed E-state index contributed by atoms with van der Waals surface area (Å²) in [6.07, 6.45) is 0. The second kappa shape index (κ2) is 2.23. The maximum Gasteiger partial charge on any atom is 0.194 e. The monoisotopic (exact) mass is 147 g/mol. The molecule has 1 heterocycles. The van der Waals surface area contributed by atoms with E-state index in [9.17, 15) is 8.78 Å². The van der Waals surface area contributed by atoms with Gasteiger partial charge >= 0.3 is 0 Å². The molecule has 0 aliphatic rings. The van der Waals surface area contributed by atoms with Gasteiger partial charge in [0.25, 0.3) is 0 Å². The van der Waals surface area contributed by atoms with Gasteiger partial charge in [0, 0.05) is 16.6 Å². The quantitative estimate of drug-likeness (QED) is 0.438. The molecule has 0 fully saturated rings. The second-order valence-corrected chi connectivity index (χ2v) is 1.98. The van der Waals surface area contributed by atoms with Crippen LogP contribution in [-0.4, -0.2) is 4.98 Å². The summed E-state index contributed by atoms with van der Waals surface area (Å²) in [6, 6.07) is 2.08. The van der Waals surface area contributed by atoms with Crippen LogP contribution < -0.4 is 0 Å². The summed E-state index contributed by atoms with van der Waals surface area (Å²) in [5.74, 6) is -1.50. The Morgan fingerprint density at radius 1 is 1.22 bits per heavy atom. The number of hydrogen-bond donors (Lipinski definition) is 1. The van der Waals surface area contributed by atoms with Crippen molar-refractivity contribution in [3.05, 3.63) is 28.5 Å². The van der Waals surface area contributed by atoms with Gasteiger partial charge in [-0.1, -0.05) is 12.2 Å². The van der Waals surface area contributed by atoms with Gasteiger partial charge in [-0.3, -0.25) is 0 Å². The van der Waals surface area contributed by atoms with E-state index in [0.717, 1.165) is 12.1 Å². The molecule has 0 unspecified atom stereocenters. The maximum absolute atomic E-state index is 12.1. The zero-order valence-electron chi connectivity index (χ0n) is 4.32. The molecule has 1 aromatic rings. The first-order valence-corrected chi connectivity index (χ1v) is 2.65. The minimum atomic E-state index is -0.750. The van der Waals surface area contributed by atoms with E-state index in [1.807, 2.05) is 4.98 Å². The van der Waals surface area contributed by atoms with Gasteiger partial charge in [0.1, 0.15) is 0 Å². The van der Waals surface area contributed by atoms with Gasteiger partial charge in [-0.2, -0.15) is 8.78 Å². The lowest BCUT2D eigenvalue weighted by Gasteiger charge is -1.87. The van der Waals surface area contributed by atoms with Crippen molar-refractivity contribution < 1.29 is 8.78 Å². The van der Waals surface area contributed by atoms with E-state index < -0.39 is 11.9 Å². The minimum Gasteiger partial charge on any atom is -0.308 e. The van der Waals surface area contributed by atoms with Gasteiger partial charge < -0.3 is 4.98 Å². The maximum atomic E-state index is 12.1. The van der Waals surface area contributed by atoms with Gasteiger partial charge in [-0.15, -0.1) is 0 Å². The Balaban J connectivity index is 3.33. The number of hydrogen-bond acceptors (Lipinski definition) is 1. The standard InChI is InChI=1S/C5H3F2NS/c6-4-1-3(9)2-5(7)8-4/h1-2H,(H,8,9). The number of nitrogens with one attached hydrogen (secondary N) is 1. The Hall–Kier alpha value is -0.770. The fourth-order valence-electron chi connectivity index (χ4n) is 0.478. The molecule has 0 saturated carbocycles. The van der Waals surface area contributed by atoms with Gasteiger partial charge in [0.2, 0.25) is 0 Å². The normalized spacial score (nSPS) is 9.56. The van der Waals surface area contributed by atoms with Crippen LogP contribution in [0.1, 0.15) is 0 Å². The Kier molecular flexibility index (Phi) is 1.57. The highest BCUT2D eigenvalue weighted by Gasteiger charge is 1.91. The van der Waals surface area contributed by atoms with E-state index in [2.05, 4.69) is 12.2 Å². The number of pyridine rings is 1. The lowest BCUT2D eigenvalue weighted by Crippen LogP contribution is -1.85. The molecule has 0 bridgehead atoms. The molecule has 48 valence electrons. The summed E-state index contributed by atoms with van der Waals surface area (Å²) in [5, 5.41) is 0. The third-order valence-electron chi connectivity index (χ3n) is 0.777. The molecule has 9 heavy (non-hydrogen) atoms. The highest BCUT2D eigenvalue weighted by Crippen LogP contribution is 1.97. The number of aromatic amines is 1. The molecule has 4 heteroatoms. The van der Waals surface area contributed by atoms with Crippen LogP contribution in [0.5, 0.6) is 0 Å². The predicted octanol–water partition coefficient (Wildman–Crippen LogP) is 2.02. The van der Waals surface area contributed by atoms with Gasteiger partial charge in [0.05, 0.1) is 0 Å². The zero-order chi connectivity index (χ0) is 6.85. The molecule has 1 N–H and O–H groups in total. The molecule has 0 aliphatic carbocycles. The highest BCUT2D eigenvalue weighted by molar-refractivity contribution is 7.71. The summed E-state index contributed by atoms with van der Waals surface area (Å²) < 4.78 is 24.3. The van der Waals surface area contributed by atoms with Gasteiger partial charge in [-0.05, 0) is 0 Å². The van der Waals surface area contributed by atoms with Crippen molar-refractivity contribution in [1.82, 2.24) is 4.98 Å². The van der Waals surface area contributed by atoms with Crippen LogP contribution in [0.2, 0.25) is 0 Å². The van der Waals surface area contributed by atoms with Crippen molar-refractivity contribution in [2.45, 2.75) is 0 Å². The molecule has 0 saturated heterocycles. The van der Waals surface area contributed by atoms with Crippen LogP contribution in [0.25, 0.3) is 0 Å². The molecule has 0 aliphatic heterocycles. The smallest absolute Gasteiger partial charge is 0.194 e. The first-order valence-electron chi connectivity index (χ1n) is 2.24. The molecule has 0 aromatic carbocycles. The van der Waals surface area contributed by atoms with Crippen LogP contribution in [0.4, 0.5) is 8.78 Å². The second-order valence-electron chi connectivity index (χ2n) is 1.51. The van der Waals surface area contributed by atoms with Crippen molar-refractivity contribution in [2.24, 2.45) is 0 Å². The topological polar surface area (TPSA) is 15.8 Å². The number of rotatable bonds is 0. The summed E-state index contributed by atoms with van der Waals surface area (Å²) in [4.78, 5) is 1.81. The van der Waals surface area contributed by atoms with Gasteiger partial charge in [-0.25, -0.2) is 0 Å². The summed E-state index contributed by atoms with van der Waals surface area (Å²) in [5.41, 5.74) is 0. The summed E-state index contributed by atoms with van der Waals surface area (Å²) >= 11 is 4.49. The first kappa shape index (κ1) is 6.35. The number of aromatic nitrogens is 1. The molecular weight excluding hydrogens is 144 g/mol. The lowest BCUT2D eigenvalue weighted by molar-refractivity contribution is 0.512. The van der Waals surface area contributed by atoms with E-state index in [1.54, 1.807) is 0 Å². The third kappa shape index (κ3) is 1.57. The fourth-order valence-corrected chi connectivity index (χ4v) is 0.685. The molecule has 0 amide bonds. The van der Waals surface area contributed by atoms with Crippen LogP contribution >= 0.6 is 12.2 Å². The predicted molar refractivity (Wildman–Crippen MR) is 31.5 cm³/mol. The Bertz CT molecular complexity index is 245. The van der Waals surface area contributed by atoms with Crippen LogP contribution in [0, 0.1) is 16.4 Å². The average molecular weight is 147 g/mol. The summed E-state index contributed by atoms with van der Waals surface area (Å²) in [6.45, 7) is 0. The molecule has 0 radical (unpaired) electrons. The minimum absolute atomic E-state index is 0.156. The molecule has 0 atom stereocenters. The Morgan fingerprint density at radius 3 is 2.00 bits per heavy atom. The highest BCUT2D eigenvalue weighted by atomic mass is 32.1. The van der Waals surface area contributed by atoms with Gasteiger partial charge in [0.15, 0.2) is 11.9 Å². The van der Waals surface area contributed by atoms with Crippen molar-refractivity contribution in [3.8, 4) is 0 Å². The third-order valence-corrected chi connectivity index (χ3v) is 1.01. The van der Waals surface area contributed by atoms with Crippen molar-refractivity contribution in [1.29, 1.82) is 0 Å². The van der Waals surface area contributed by atoms with Crippen LogP contribution in [-0.2, 0) is 0 Å².